The number of carbonyl (C=O) groups excluding carboxylic acids is 1. The summed E-state index contributed by atoms with van der Waals surface area (Å²) in [6.45, 7) is 4.51. The van der Waals surface area contributed by atoms with Crippen molar-refractivity contribution in [3.8, 4) is 11.5 Å². The molecule has 1 aromatic heterocycles. The summed E-state index contributed by atoms with van der Waals surface area (Å²) in [5.74, 6) is 1.51. The van der Waals surface area contributed by atoms with Crippen LogP contribution in [0, 0.1) is 5.92 Å². The molecule has 1 atom stereocenters. The molecule has 0 bridgehead atoms. The molecule has 0 fully saturated rings. The van der Waals surface area contributed by atoms with E-state index < -0.39 is 0 Å². The SMILES string of the molecule is COc1ccc(Cn2nnnc2S[C@@H](C(=O)Nc2ccc(OC)cc2)C(C)C)cc1. The molecule has 30 heavy (non-hydrogen) atoms. The first-order valence-electron chi connectivity index (χ1n) is 9.51. The Morgan fingerprint density at radius 3 is 2.20 bits per heavy atom. The summed E-state index contributed by atoms with van der Waals surface area (Å²) in [7, 11) is 3.24. The molecule has 3 rings (SSSR count). The topological polar surface area (TPSA) is 91.2 Å². The molecule has 2 aromatic carbocycles. The number of nitrogens with one attached hydrogen (secondary N) is 1. The van der Waals surface area contributed by atoms with Crippen LogP contribution in [0.2, 0.25) is 0 Å². The second kappa shape index (κ2) is 10.1. The normalized spacial score (nSPS) is 11.9. The maximum Gasteiger partial charge on any atom is 0.238 e. The number of carbonyl (C=O) groups is 1. The Labute approximate surface area is 180 Å². The van der Waals surface area contributed by atoms with E-state index >= 15 is 0 Å². The third kappa shape index (κ3) is 5.50. The lowest BCUT2D eigenvalue weighted by Crippen LogP contribution is -2.30. The van der Waals surface area contributed by atoms with Crippen LogP contribution in [-0.2, 0) is 11.3 Å². The molecule has 9 heteroatoms. The number of tetrazole rings is 1. The maximum absolute atomic E-state index is 12.9. The van der Waals surface area contributed by atoms with Gasteiger partial charge in [-0.15, -0.1) is 5.10 Å². The molecule has 0 saturated heterocycles. The van der Waals surface area contributed by atoms with Gasteiger partial charge in [-0.3, -0.25) is 4.79 Å². The number of hydrogen-bond acceptors (Lipinski definition) is 7. The van der Waals surface area contributed by atoms with Crippen molar-refractivity contribution in [2.45, 2.75) is 30.8 Å². The minimum atomic E-state index is -0.354. The van der Waals surface area contributed by atoms with Gasteiger partial charge in [0.15, 0.2) is 0 Å². The molecule has 1 N–H and O–H groups in total. The van der Waals surface area contributed by atoms with Crippen molar-refractivity contribution in [3.05, 3.63) is 54.1 Å². The lowest BCUT2D eigenvalue weighted by Gasteiger charge is -2.19. The fraction of sp³-hybridized carbons (Fsp3) is 0.333. The average molecular weight is 428 g/mol. The van der Waals surface area contributed by atoms with Gasteiger partial charge in [0.05, 0.1) is 26.0 Å². The molecular weight excluding hydrogens is 402 g/mol. The Morgan fingerprint density at radius 2 is 1.63 bits per heavy atom. The van der Waals surface area contributed by atoms with E-state index in [9.17, 15) is 4.79 Å². The van der Waals surface area contributed by atoms with Crippen LogP contribution in [0.1, 0.15) is 19.4 Å². The molecule has 0 radical (unpaired) electrons. The van der Waals surface area contributed by atoms with E-state index in [2.05, 4.69) is 20.8 Å². The number of benzene rings is 2. The predicted octanol–water partition coefficient (Wildman–Crippen LogP) is 3.49. The van der Waals surface area contributed by atoms with Crippen LogP contribution < -0.4 is 14.8 Å². The number of ether oxygens (including phenoxy) is 2. The van der Waals surface area contributed by atoms with E-state index in [1.807, 2.05) is 62.4 Å². The third-order valence-corrected chi connectivity index (χ3v) is 5.96. The highest BCUT2D eigenvalue weighted by molar-refractivity contribution is 8.00. The molecule has 3 aromatic rings. The van der Waals surface area contributed by atoms with Crippen LogP contribution in [0.15, 0.2) is 53.7 Å². The van der Waals surface area contributed by atoms with Gasteiger partial charge in [-0.2, -0.15) is 0 Å². The Morgan fingerprint density at radius 1 is 1.03 bits per heavy atom. The fourth-order valence-electron chi connectivity index (χ4n) is 2.78. The standard InChI is InChI=1S/C21H25N5O3S/c1-14(2)19(20(27)22-16-7-11-18(29-4)12-8-16)30-21-23-24-25-26(21)13-15-5-9-17(28-3)10-6-15/h5-12,14,19H,13H2,1-4H3,(H,22,27)/t19-/m1/s1. The van der Waals surface area contributed by atoms with Crippen LogP contribution in [-0.4, -0.2) is 45.6 Å². The van der Waals surface area contributed by atoms with Crippen LogP contribution in [0.3, 0.4) is 0 Å². The van der Waals surface area contributed by atoms with Crippen molar-refractivity contribution in [3.63, 3.8) is 0 Å². The number of rotatable bonds is 9. The highest BCUT2D eigenvalue weighted by Crippen LogP contribution is 2.28. The summed E-state index contributed by atoms with van der Waals surface area (Å²) in [5, 5.41) is 15.2. The van der Waals surface area contributed by atoms with Crippen molar-refractivity contribution in [1.29, 1.82) is 0 Å². The largest absolute Gasteiger partial charge is 0.497 e. The summed E-state index contributed by atoms with van der Waals surface area (Å²) >= 11 is 1.36. The Bertz CT molecular complexity index is 958. The smallest absolute Gasteiger partial charge is 0.238 e. The molecule has 0 aliphatic carbocycles. The summed E-state index contributed by atoms with van der Waals surface area (Å²) in [6.07, 6.45) is 0. The van der Waals surface area contributed by atoms with Crippen molar-refractivity contribution in [2.75, 3.05) is 19.5 Å². The fourth-order valence-corrected chi connectivity index (χ4v) is 3.75. The predicted molar refractivity (Wildman–Crippen MR) is 116 cm³/mol. The van der Waals surface area contributed by atoms with E-state index in [-0.39, 0.29) is 17.1 Å². The molecular formula is C21H25N5O3S. The maximum atomic E-state index is 12.9. The minimum absolute atomic E-state index is 0.0828. The van der Waals surface area contributed by atoms with Crippen LogP contribution in [0.4, 0.5) is 5.69 Å². The van der Waals surface area contributed by atoms with Gasteiger partial charge < -0.3 is 14.8 Å². The Balaban J connectivity index is 1.70. The van der Waals surface area contributed by atoms with Crippen molar-refractivity contribution in [2.24, 2.45) is 5.92 Å². The molecule has 1 heterocycles. The number of methoxy groups -OCH3 is 2. The number of anilines is 1. The number of aromatic nitrogens is 4. The minimum Gasteiger partial charge on any atom is -0.497 e. The molecule has 0 unspecified atom stereocenters. The lowest BCUT2D eigenvalue weighted by molar-refractivity contribution is -0.116. The van der Waals surface area contributed by atoms with Gasteiger partial charge in [0.2, 0.25) is 11.1 Å². The highest BCUT2D eigenvalue weighted by atomic mass is 32.2. The van der Waals surface area contributed by atoms with Gasteiger partial charge in [-0.05, 0) is 58.3 Å². The van der Waals surface area contributed by atoms with Crippen molar-refractivity contribution in [1.82, 2.24) is 20.2 Å². The van der Waals surface area contributed by atoms with E-state index in [1.165, 1.54) is 11.8 Å². The van der Waals surface area contributed by atoms with Gasteiger partial charge in [0.1, 0.15) is 11.5 Å². The van der Waals surface area contributed by atoms with Gasteiger partial charge in [0, 0.05) is 5.69 Å². The molecule has 0 saturated carbocycles. The van der Waals surface area contributed by atoms with E-state index in [4.69, 9.17) is 9.47 Å². The summed E-state index contributed by atoms with van der Waals surface area (Å²) in [5.41, 5.74) is 1.75. The molecule has 158 valence electrons. The summed E-state index contributed by atoms with van der Waals surface area (Å²) in [4.78, 5) is 12.9. The number of thioether (sulfide) groups is 1. The first-order valence-corrected chi connectivity index (χ1v) is 10.4. The molecule has 0 aliphatic heterocycles. The van der Waals surface area contributed by atoms with Crippen LogP contribution in [0.5, 0.6) is 11.5 Å². The van der Waals surface area contributed by atoms with Crippen molar-refractivity contribution < 1.29 is 14.3 Å². The summed E-state index contributed by atoms with van der Waals surface area (Å²) in [6, 6.07) is 15.0. The second-order valence-corrected chi connectivity index (χ2v) is 8.08. The zero-order chi connectivity index (χ0) is 21.5. The van der Waals surface area contributed by atoms with E-state index in [1.54, 1.807) is 18.9 Å². The van der Waals surface area contributed by atoms with Gasteiger partial charge in [-0.1, -0.05) is 37.7 Å². The Kier molecular flexibility index (Phi) is 7.29. The van der Waals surface area contributed by atoms with Crippen LogP contribution >= 0.6 is 11.8 Å². The van der Waals surface area contributed by atoms with Crippen molar-refractivity contribution >= 4 is 23.4 Å². The number of amides is 1. The van der Waals surface area contributed by atoms with Crippen LogP contribution in [0.25, 0.3) is 0 Å². The van der Waals surface area contributed by atoms with E-state index in [0.29, 0.717) is 17.4 Å². The number of nitrogens with zero attached hydrogens (tertiary/aromatic N) is 4. The highest BCUT2D eigenvalue weighted by Gasteiger charge is 2.26. The van der Waals surface area contributed by atoms with Gasteiger partial charge in [-0.25, -0.2) is 4.68 Å². The first kappa shape index (κ1) is 21.6. The van der Waals surface area contributed by atoms with Gasteiger partial charge in [0.25, 0.3) is 0 Å². The summed E-state index contributed by atoms with van der Waals surface area (Å²) < 4.78 is 12.0. The third-order valence-electron chi connectivity index (χ3n) is 4.44. The zero-order valence-electron chi connectivity index (χ0n) is 17.4. The molecule has 8 nitrogen and oxygen atoms in total. The molecule has 1 amide bonds. The molecule has 0 spiro atoms. The van der Waals surface area contributed by atoms with E-state index in [0.717, 1.165) is 17.1 Å². The lowest BCUT2D eigenvalue weighted by atomic mass is 10.1. The number of hydrogen-bond donors (Lipinski definition) is 1. The molecule has 0 aliphatic rings. The Hall–Kier alpha value is -3.07. The quantitative estimate of drug-likeness (QED) is 0.523. The second-order valence-electron chi connectivity index (χ2n) is 6.97. The van der Waals surface area contributed by atoms with Gasteiger partial charge >= 0.3 is 0 Å². The monoisotopic (exact) mass is 427 g/mol. The average Bonchev–Trinajstić information content (AvgIpc) is 3.19. The first-order chi connectivity index (χ1) is 14.5. The zero-order valence-corrected chi connectivity index (χ0v) is 18.2.